The van der Waals surface area contributed by atoms with E-state index in [9.17, 15) is 9.90 Å². The Morgan fingerprint density at radius 1 is 1.04 bits per heavy atom. The van der Waals surface area contributed by atoms with E-state index >= 15 is 0 Å². The number of aryl methyl sites for hydroxylation is 1. The van der Waals surface area contributed by atoms with Crippen LogP contribution in [0.5, 0.6) is 5.75 Å². The van der Waals surface area contributed by atoms with E-state index in [1.807, 2.05) is 19.1 Å². The molecule has 2 aromatic carbocycles. The Hall–Kier alpha value is -2.76. The van der Waals surface area contributed by atoms with E-state index in [1.165, 1.54) is 12.1 Å². The fourth-order valence-electron chi connectivity index (χ4n) is 3.03. The van der Waals surface area contributed by atoms with Gasteiger partial charge in [0.2, 0.25) is 0 Å². The number of rotatable bonds is 2. The lowest BCUT2D eigenvalue weighted by Gasteiger charge is -2.08. The van der Waals surface area contributed by atoms with E-state index in [4.69, 9.17) is 23.2 Å². The Balaban J connectivity index is 2.04. The van der Waals surface area contributed by atoms with Crippen LogP contribution >= 0.6 is 23.2 Å². The van der Waals surface area contributed by atoms with Crippen molar-refractivity contribution in [1.29, 1.82) is 0 Å². The monoisotopic (exact) mass is 385 g/mol. The van der Waals surface area contributed by atoms with Crippen LogP contribution in [0.2, 0.25) is 10.0 Å². The molecule has 0 saturated carbocycles. The van der Waals surface area contributed by atoms with Crippen molar-refractivity contribution in [3.8, 4) is 28.1 Å². The molecule has 0 spiro atoms. The number of hydrogen-bond acceptors (Lipinski definition) is 3. The highest BCUT2D eigenvalue weighted by atomic mass is 35.5. The van der Waals surface area contributed by atoms with E-state index in [2.05, 4.69) is 10.1 Å². The average molecular weight is 386 g/mol. The Bertz CT molecular complexity index is 1190. The number of nitrogens with one attached hydrogen (secondary N) is 1. The predicted octanol–water partition coefficient (Wildman–Crippen LogP) is 4.68. The molecule has 7 heteroatoms. The van der Waals surface area contributed by atoms with E-state index in [1.54, 1.807) is 28.8 Å². The van der Waals surface area contributed by atoms with Gasteiger partial charge in [-0.3, -0.25) is 4.79 Å². The molecule has 130 valence electrons. The highest BCUT2D eigenvalue weighted by Crippen LogP contribution is 2.34. The second kappa shape index (κ2) is 6.20. The highest BCUT2D eigenvalue weighted by molar-refractivity contribution is 6.31. The third-order valence-corrected chi connectivity index (χ3v) is 4.65. The van der Waals surface area contributed by atoms with E-state index in [0.717, 1.165) is 16.8 Å². The van der Waals surface area contributed by atoms with Gasteiger partial charge in [0.1, 0.15) is 11.4 Å². The first-order valence-corrected chi connectivity index (χ1v) is 8.57. The van der Waals surface area contributed by atoms with Crippen LogP contribution < -0.4 is 5.56 Å². The summed E-state index contributed by atoms with van der Waals surface area (Å²) in [5.41, 5.74) is 3.61. The number of aromatic amines is 1. The summed E-state index contributed by atoms with van der Waals surface area (Å²) in [6.45, 7) is 1.86. The summed E-state index contributed by atoms with van der Waals surface area (Å²) >= 11 is 11.9. The fraction of sp³-hybridized carbons (Fsp3) is 0.0526. The van der Waals surface area contributed by atoms with Crippen molar-refractivity contribution in [2.45, 2.75) is 6.92 Å². The number of aromatic nitrogens is 3. The van der Waals surface area contributed by atoms with Crippen LogP contribution in [0, 0.1) is 6.92 Å². The first kappa shape index (κ1) is 16.7. The fourth-order valence-corrected chi connectivity index (χ4v) is 3.32. The van der Waals surface area contributed by atoms with Gasteiger partial charge in [0, 0.05) is 27.2 Å². The van der Waals surface area contributed by atoms with Crippen LogP contribution in [0.4, 0.5) is 0 Å². The van der Waals surface area contributed by atoms with Crippen molar-refractivity contribution < 1.29 is 5.11 Å². The standard InChI is InChI=1S/C19H13Cl2N3O2/c1-10-18(11-2-4-12(20)5-3-11)19-22-17(26)9-15(24(19)23-10)14-7-6-13(21)8-16(14)25/h2-9,25H,1H3,(H,22,26). The van der Waals surface area contributed by atoms with Gasteiger partial charge in [0.05, 0.1) is 11.4 Å². The molecule has 0 aliphatic rings. The van der Waals surface area contributed by atoms with Gasteiger partial charge in [0.25, 0.3) is 5.56 Å². The van der Waals surface area contributed by atoms with Gasteiger partial charge in [-0.15, -0.1) is 0 Å². The Morgan fingerprint density at radius 3 is 2.42 bits per heavy atom. The Morgan fingerprint density at radius 2 is 1.73 bits per heavy atom. The molecule has 0 aliphatic heterocycles. The summed E-state index contributed by atoms with van der Waals surface area (Å²) in [6, 6.07) is 13.5. The summed E-state index contributed by atoms with van der Waals surface area (Å²) in [7, 11) is 0. The lowest BCUT2D eigenvalue weighted by atomic mass is 10.1. The molecule has 0 aliphatic carbocycles. The van der Waals surface area contributed by atoms with Gasteiger partial charge in [-0.2, -0.15) is 5.10 Å². The maximum absolute atomic E-state index is 12.3. The molecule has 0 amide bonds. The predicted molar refractivity (Wildman–Crippen MR) is 103 cm³/mol. The number of nitrogens with zero attached hydrogens (tertiary/aromatic N) is 2. The minimum atomic E-state index is -0.294. The smallest absolute Gasteiger partial charge is 0.251 e. The van der Waals surface area contributed by atoms with Crippen LogP contribution in [-0.4, -0.2) is 19.7 Å². The molecule has 4 aromatic rings. The SMILES string of the molecule is Cc1nn2c(-c3ccc(Cl)cc3O)cc(=O)[nH]c2c1-c1ccc(Cl)cc1. The van der Waals surface area contributed by atoms with Crippen LogP contribution in [0.3, 0.4) is 0 Å². The highest BCUT2D eigenvalue weighted by Gasteiger charge is 2.17. The molecule has 0 bridgehead atoms. The maximum Gasteiger partial charge on any atom is 0.251 e. The van der Waals surface area contributed by atoms with Gasteiger partial charge in [-0.1, -0.05) is 35.3 Å². The number of H-pyrrole nitrogens is 1. The summed E-state index contributed by atoms with van der Waals surface area (Å²) in [4.78, 5) is 15.1. The molecule has 4 rings (SSSR count). The quantitative estimate of drug-likeness (QED) is 0.526. The molecular weight excluding hydrogens is 373 g/mol. The van der Waals surface area contributed by atoms with Crippen LogP contribution in [0.1, 0.15) is 5.69 Å². The summed E-state index contributed by atoms with van der Waals surface area (Å²) in [6.07, 6.45) is 0. The van der Waals surface area contributed by atoms with E-state index in [0.29, 0.717) is 26.9 Å². The van der Waals surface area contributed by atoms with Crippen molar-refractivity contribution in [1.82, 2.24) is 14.6 Å². The topological polar surface area (TPSA) is 70.4 Å². The lowest BCUT2D eigenvalue weighted by Crippen LogP contribution is -2.10. The molecule has 0 radical (unpaired) electrons. The average Bonchev–Trinajstić information content (AvgIpc) is 2.91. The second-order valence-corrected chi connectivity index (χ2v) is 6.78. The number of phenols is 1. The molecule has 5 nitrogen and oxygen atoms in total. The molecular formula is C19H13Cl2N3O2. The van der Waals surface area contributed by atoms with E-state index in [-0.39, 0.29) is 11.3 Å². The van der Waals surface area contributed by atoms with Crippen molar-refractivity contribution in [2.24, 2.45) is 0 Å². The molecule has 2 heterocycles. The zero-order chi connectivity index (χ0) is 18.4. The van der Waals surface area contributed by atoms with Gasteiger partial charge in [-0.25, -0.2) is 4.52 Å². The van der Waals surface area contributed by atoms with Gasteiger partial charge < -0.3 is 10.1 Å². The van der Waals surface area contributed by atoms with Gasteiger partial charge in [0.15, 0.2) is 0 Å². The van der Waals surface area contributed by atoms with E-state index < -0.39 is 0 Å². The molecule has 0 atom stereocenters. The van der Waals surface area contributed by atoms with Gasteiger partial charge >= 0.3 is 0 Å². The summed E-state index contributed by atoms with van der Waals surface area (Å²) in [5.74, 6) is -0.0226. The number of fused-ring (bicyclic) bond motifs is 1. The maximum atomic E-state index is 12.3. The summed E-state index contributed by atoms with van der Waals surface area (Å²) < 4.78 is 1.61. The zero-order valence-electron chi connectivity index (χ0n) is 13.6. The van der Waals surface area contributed by atoms with Gasteiger partial charge in [-0.05, 0) is 42.8 Å². The number of halogens is 2. The normalized spacial score (nSPS) is 11.2. The first-order chi connectivity index (χ1) is 12.4. The van der Waals surface area contributed by atoms with Crippen LogP contribution in [0.15, 0.2) is 53.3 Å². The molecule has 2 aromatic heterocycles. The number of benzene rings is 2. The third-order valence-electron chi connectivity index (χ3n) is 4.17. The first-order valence-electron chi connectivity index (χ1n) is 7.81. The Kier molecular flexibility index (Phi) is 3.98. The number of phenolic OH excluding ortho intramolecular Hbond substituents is 1. The van der Waals surface area contributed by atoms with Crippen molar-refractivity contribution in [2.75, 3.05) is 0 Å². The van der Waals surface area contributed by atoms with Crippen LogP contribution in [0.25, 0.3) is 28.0 Å². The third kappa shape index (κ3) is 2.75. The number of aromatic hydroxyl groups is 1. The minimum Gasteiger partial charge on any atom is -0.507 e. The second-order valence-electron chi connectivity index (χ2n) is 5.91. The largest absolute Gasteiger partial charge is 0.507 e. The summed E-state index contributed by atoms with van der Waals surface area (Å²) in [5, 5.41) is 15.9. The molecule has 2 N–H and O–H groups in total. The Labute approximate surface area is 158 Å². The van der Waals surface area contributed by atoms with Crippen molar-refractivity contribution in [3.05, 3.63) is 74.6 Å². The van der Waals surface area contributed by atoms with Crippen molar-refractivity contribution >= 4 is 28.8 Å². The lowest BCUT2D eigenvalue weighted by molar-refractivity contribution is 0.477. The minimum absolute atomic E-state index is 0.0226. The molecule has 0 fully saturated rings. The zero-order valence-corrected chi connectivity index (χ0v) is 15.1. The molecule has 26 heavy (non-hydrogen) atoms. The van der Waals surface area contributed by atoms with Crippen LogP contribution in [-0.2, 0) is 0 Å². The van der Waals surface area contributed by atoms with Crippen molar-refractivity contribution in [3.63, 3.8) is 0 Å². The number of hydrogen-bond donors (Lipinski definition) is 2. The molecule has 0 saturated heterocycles. The molecule has 0 unspecified atom stereocenters.